The molecule has 17 heteroatoms. The van der Waals surface area contributed by atoms with Gasteiger partial charge >= 0.3 is 12.2 Å². The summed E-state index contributed by atoms with van der Waals surface area (Å²) in [6, 6.07) is 2.99. The van der Waals surface area contributed by atoms with Crippen molar-refractivity contribution in [3.8, 4) is 23.1 Å². The zero-order valence-electron chi connectivity index (χ0n) is 25.4. The molecule has 254 valence electrons. The highest BCUT2D eigenvalue weighted by atomic mass is 19.4. The topological polar surface area (TPSA) is 129 Å². The van der Waals surface area contributed by atoms with E-state index < -0.39 is 69.4 Å². The summed E-state index contributed by atoms with van der Waals surface area (Å²) in [5.41, 5.74) is 5.79. The lowest BCUT2D eigenvalue weighted by molar-refractivity contribution is -0.139. The highest BCUT2D eigenvalue weighted by Gasteiger charge is 2.49. The second-order valence-corrected chi connectivity index (χ2v) is 12.2. The highest BCUT2D eigenvalue weighted by Crippen LogP contribution is 2.46. The minimum absolute atomic E-state index is 0.0374. The largest absolute Gasteiger partial charge is 0.475 e. The van der Waals surface area contributed by atoms with Crippen molar-refractivity contribution in [3.05, 3.63) is 53.0 Å². The molecule has 0 bridgehead atoms. The molecule has 0 spiro atoms. The molecule has 4 N–H and O–H groups in total. The fraction of sp³-hybridized carbons (Fsp3) is 0.419. The molecule has 1 aromatic carbocycles. The molecule has 0 unspecified atom stereocenters. The SMILES string of the molecule is C[C@H](c1cccnc1N)N1CCOc2nc(-c3cc(N)c(F)c(F)c3C(F)(F)F)c(F)c3nc(OC[C@@]45CCCN4C[C@H](F)C5)nc1c23. The molecule has 3 aliphatic rings. The third-order valence-electron chi connectivity index (χ3n) is 9.35. The Bertz CT molecular complexity index is 1930. The number of halogens is 7. The third-order valence-corrected chi connectivity index (χ3v) is 9.35. The fourth-order valence-electron chi connectivity index (χ4n) is 7.09. The summed E-state index contributed by atoms with van der Waals surface area (Å²) in [5.74, 6) is -5.74. The number of nitrogens with zero attached hydrogens (tertiary/aromatic N) is 6. The zero-order chi connectivity index (χ0) is 34.1. The number of aromatic nitrogens is 4. The van der Waals surface area contributed by atoms with Gasteiger partial charge in [0, 0.05) is 30.3 Å². The van der Waals surface area contributed by atoms with Crippen LogP contribution >= 0.6 is 0 Å². The van der Waals surface area contributed by atoms with Crippen LogP contribution in [-0.2, 0) is 6.18 Å². The van der Waals surface area contributed by atoms with Crippen molar-refractivity contribution >= 4 is 28.2 Å². The molecule has 0 amide bonds. The smallest absolute Gasteiger partial charge is 0.419 e. The maximum absolute atomic E-state index is 16.6. The quantitative estimate of drug-likeness (QED) is 0.196. The van der Waals surface area contributed by atoms with Gasteiger partial charge in [-0.3, -0.25) is 4.90 Å². The van der Waals surface area contributed by atoms with Gasteiger partial charge < -0.3 is 25.8 Å². The fourth-order valence-corrected chi connectivity index (χ4v) is 7.09. The highest BCUT2D eigenvalue weighted by molar-refractivity contribution is 5.97. The monoisotopic (exact) mass is 678 g/mol. The van der Waals surface area contributed by atoms with Gasteiger partial charge in [-0.05, 0) is 38.4 Å². The predicted molar refractivity (Wildman–Crippen MR) is 161 cm³/mol. The standard InChI is InChI=1S/C31H29F7N8O2/c1-14(16-4-2-6-41-26(16)40)46-8-9-47-28-19-25(23(35)24(42-28)17-10-18(39)21(33)22(34)20(17)31(36,37)38)43-29(44-27(19)46)48-13-30-5-3-7-45(30)12-15(32)11-30/h2,4,6,10,14-15H,3,5,7-9,11-13,39H2,1H3,(H2,40,41)/t14-,15-,30+/m1/s1. The van der Waals surface area contributed by atoms with Crippen molar-refractivity contribution in [3.63, 3.8) is 0 Å². The summed E-state index contributed by atoms with van der Waals surface area (Å²) in [4.78, 5) is 20.7. The van der Waals surface area contributed by atoms with Crippen LogP contribution in [0, 0.1) is 17.5 Å². The maximum Gasteiger partial charge on any atom is 0.419 e. The second kappa shape index (κ2) is 11.5. The van der Waals surface area contributed by atoms with Gasteiger partial charge in [0.25, 0.3) is 0 Å². The molecule has 2 saturated heterocycles. The summed E-state index contributed by atoms with van der Waals surface area (Å²) in [6.45, 7) is 2.68. The normalized spacial score (nSPS) is 21.7. The molecule has 2 fully saturated rings. The molecule has 0 radical (unpaired) electrons. The number of nitrogen functional groups attached to an aromatic ring is 2. The number of anilines is 3. The summed E-state index contributed by atoms with van der Waals surface area (Å²) in [7, 11) is 0. The molecule has 4 aromatic rings. The van der Waals surface area contributed by atoms with E-state index in [1.807, 2.05) is 4.90 Å². The van der Waals surface area contributed by atoms with E-state index in [1.54, 1.807) is 24.0 Å². The minimum Gasteiger partial charge on any atom is -0.475 e. The van der Waals surface area contributed by atoms with E-state index in [9.17, 15) is 26.3 Å². The lowest BCUT2D eigenvalue weighted by Gasteiger charge is -2.32. The number of rotatable bonds is 6. The maximum atomic E-state index is 16.6. The Labute approximate surface area is 268 Å². The first-order valence-electron chi connectivity index (χ1n) is 15.2. The third kappa shape index (κ3) is 5.14. The Morgan fingerprint density at radius 2 is 1.90 bits per heavy atom. The average molecular weight is 679 g/mol. The van der Waals surface area contributed by atoms with E-state index in [0.717, 1.165) is 6.42 Å². The van der Waals surface area contributed by atoms with Crippen LogP contribution in [0.5, 0.6) is 11.9 Å². The van der Waals surface area contributed by atoms with Gasteiger partial charge in [0.15, 0.2) is 17.5 Å². The Hall–Kier alpha value is -4.67. The molecular formula is C31H29F7N8O2. The molecular weight excluding hydrogens is 649 g/mol. The van der Waals surface area contributed by atoms with Gasteiger partial charge in [-0.15, -0.1) is 0 Å². The van der Waals surface area contributed by atoms with E-state index in [0.29, 0.717) is 24.6 Å². The van der Waals surface area contributed by atoms with Crippen molar-refractivity contribution in [1.82, 2.24) is 24.8 Å². The van der Waals surface area contributed by atoms with Crippen molar-refractivity contribution in [2.75, 3.05) is 49.2 Å². The number of alkyl halides is 4. The summed E-state index contributed by atoms with van der Waals surface area (Å²) < 4.78 is 114. The molecule has 6 heterocycles. The molecule has 48 heavy (non-hydrogen) atoms. The molecule has 7 rings (SSSR count). The minimum atomic E-state index is -5.46. The van der Waals surface area contributed by atoms with E-state index in [4.69, 9.17) is 20.9 Å². The average Bonchev–Trinajstić information content (AvgIpc) is 3.49. The number of hydrogen-bond acceptors (Lipinski definition) is 10. The van der Waals surface area contributed by atoms with Crippen LogP contribution in [0.15, 0.2) is 24.4 Å². The Balaban J connectivity index is 1.44. The number of pyridine rings is 2. The first kappa shape index (κ1) is 31.9. The van der Waals surface area contributed by atoms with Gasteiger partial charge in [-0.2, -0.15) is 23.1 Å². The lowest BCUT2D eigenvalue weighted by atomic mass is 9.95. The lowest BCUT2D eigenvalue weighted by Crippen LogP contribution is -2.43. The summed E-state index contributed by atoms with van der Waals surface area (Å²) in [5, 5.41) is -0.107. The molecule has 0 aliphatic carbocycles. The molecule has 3 aliphatic heterocycles. The van der Waals surface area contributed by atoms with E-state index in [-0.39, 0.29) is 61.6 Å². The van der Waals surface area contributed by atoms with Crippen LogP contribution in [0.1, 0.15) is 43.4 Å². The van der Waals surface area contributed by atoms with Crippen LogP contribution in [0.3, 0.4) is 0 Å². The number of fused-ring (bicyclic) bond motifs is 1. The number of hydrogen-bond donors (Lipinski definition) is 2. The number of benzene rings is 1. The summed E-state index contributed by atoms with van der Waals surface area (Å²) >= 11 is 0. The predicted octanol–water partition coefficient (Wildman–Crippen LogP) is 5.60. The molecule has 10 nitrogen and oxygen atoms in total. The zero-order valence-corrected chi connectivity index (χ0v) is 25.4. The van der Waals surface area contributed by atoms with Crippen LogP contribution in [-0.4, -0.2) is 69.4 Å². The summed E-state index contributed by atoms with van der Waals surface area (Å²) in [6.07, 6.45) is -3.32. The Morgan fingerprint density at radius 1 is 1.10 bits per heavy atom. The van der Waals surface area contributed by atoms with Crippen LogP contribution in [0.2, 0.25) is 0 Å². The van der Waals surface area contributed by atoms with Gasteiger partial charge in [-0.1, -0.05) is 6.07 Å². The second-order valence-electron chi connectivity index (χ2n) is 12.2. The Morgan fingerprint density at radius 3 is 2.65 bits per heavy atom. The van der Waals surface area contributed by atoms with Crippen LogP contribution < -0.4 is 25.8 Å². The van der Waals surface area contributed by atoms with Gasteiger partial charge in [0.2, 0.25) is 5.88 Å². The molecule has 3 aromatic heterocycles. The Kier molecular flexibility index (Phi) is 7.64. The van der Waals surface area contributed by atoms with Gasteiger partial charge in [0.1, 0.15) is 53.2 Å². The van der Waals surface area contributed by atoms with Crippen LogP contribution in [0.25, 0.3) is 22.2 Å². The van der Waals surface area contributed by atoms with Crippen molar-refractivity contribution in [1.29, 1.82) is 0 Å². The van der Waals surface area contributed by atoms with Crippen molar-refractivity contribution in [2.45, 2.75) is 50.1 Å². The van der Waals surface area contributed by atoms with Crippen molar-refractivity contribution < 1.29 is 40.2 Å². The number of ether oxygens (including phenoxy) is 2. The van der Waals surface area contributed by atoms with E-state index >= 15 is 4.39 Å². The molecule has 3 atom stereocenters. The van der Waals surface area contributed by atoms with E-state index in [1.165, 1.54) is 6.20 Å². The van der Waals surface area contributed by atoms with Crippen molar-refractivity contribution in [2.24, 2.45) is 0 Å². The number of nitrogens with two attached hydrogens (primary N) is 2. The molecule has 0 saturated carbocycles. The first-order valence-corrected chi connectivity index (χ1v) is 15.2. The van der Waals surface area contributed by atoms with Crippen LogP contribution in [0.4, 0.5) is 48.1 Å². The van der Waals surface area contributed by atoms with Gasteiger partial charge in [-0.25, -0.2) is 27.5 Å². The first-order chi connectivity index (χ1) is 22.8. The van der Waals surface area contributed by atoms with Gasteiger partial charge in [0.05, 0.1) is 23.8 Å². The van der Waals surface area contributed by atoms with E-state index in [2.05, 4.69) is 19.9 Å².